The average Bonchev–Trinajstić information content (AvgIpc) is 1.90. The Morgan fingerprint density at radius 2 is 1.10 bits per heavy atom. The molecule has 10 heavy (non-hydrogen) atoms. The summed E-state index contributed by atoms with van der Waals surface area (Å²) in [6, 6.07) is 0. The summed E-state index contributed by atoms with van der Waals surface area (Å²) in [6.45, 7) is 0. The zero-order valence-electron chi connectivity index (χ0n) is 4.63. The van der Waals surface area contributed by atoms with Crippen LogP contribution in [0.4, 0.5) is 0 Å². The maximum atomic E-state index is 9.86. The van der Waals surface area contributed by atoms with Gasteiger partial charge in [-0.15, -0.1) is 0 Å². The zero-order chi connectivity index (χ0) is 7.82. The summed E-state index contributed by atoms with van der Waals surface area (Å²) in [5.74, 6) is 0. The van der Waals surface area contributed by atoms with Gasteiger partial charge >= 0.3 is 86.5 Å². The fourth-order valence-corrected chi connectivity index (χ4v) is 8.66. The summed E-state index contributed by atoms with van der Waals surface area (Å²) in [6.07, 6.45) is 0. The van der Waals surface area contributed by atoms with E-state index in [9.17, 15) is 11.4 Å². The molecule has 0 fully saturated rings. The van der Waals surface area contributed by atoms with Crippen molar-refractivity contribution in [2.45, 2.75) is 0 Å². The molecule has 0 unspecified atom stereocenters. The Bertz CT molecular complexity index is 100. The summed E-state index contributed by atoms with van der Waals surface area (Å²) in [4.78, 5) is 0. The molecule has 0 saturated heterocycles. The van der Waals surface area contributed by atoms with Gasteiger partial charge in [0.1, 0.15) is 0 Å². The number of rotatable bonds is 6. The predicted octanol–water partition coefficient (Wildman–Crippen LogP) is -2.08. The van der Waals surface area contributed by atoms with E-state index in [1.165, 1.54) is 0 Å². The Hall–Kier alpha value is 1.28. The zero-order valence-corrected chi connectivity index (χ0v) is 11.6. The van der Waals surface area contributed by atoms with Gasteiger partial charge in [-0.1, -0.05) is 0 Å². The van der Waals surface area contributed by atoms with Gasteiger partial charge in [0.05, 0.1) is 0 Å². The first kappa shape index (κ1) is 11.3. The quantitative estimate of drug-likeness (QED) is 0.488. The Morgan fingerprint density at radius 1 is 0.800 bits per heavy atom. The van der Waals surface area contributed by atoms with Crippen LogP contribution < -0.4 is 0 Å². The van der Waals surface area contributed by atoms with Crippen LogP contribution in [0.1, 0.15) is 0 Å². The summed E-state index contributed by atoms with van der Waals surface area (Å²) >= 11 is -7.41. The third-order valence-electron chi connectivity index (χ3n) is 0.387. The van der Waals surface area contributed by atoms with E-state index in [1.54, 1.807) is 0 Å². The van der Waals surface area contributed by atoms with Crippen molar-refractivity contribution in [3.05, 3.63) is 0 Å². The second kappa shape index (κ2) is 8.38. The van der Waals surface area contributed by atoms with E-state index in [1.807, 2.05) is 0 Å². The van der Waals surface area contributed by atoms with Gasteiger partial charge < -0.3 is 0 Å². The monoisotopic (exact) mass is 386 g/mol. The Kier molecular flexibility index (Phi) is 9.45. The Labute approximate surface area is 85.5 Å². The van der Waals surface area contributed by atoms with Crippen LogP contribution in [0.25, 0.3) is 0 Å². The molecule has 0 aromatic rings. The molecule has 0 aliphatic heterocycles. The SMILES string of the molecule is [O]=[Al][O][Bi]([O][Al]=[O])[O][Al]=[O]. The van der Waals surface area contributed by atoms with Crippen LogP contribution in [-0.2, 0) is 17.0 Å². The van der Waals surface area contributed by atoms with Crippen LogP contribution in [-0.4, -0.2) is 69.5 Å². The van der Waals surface area contributed by atoms with Gasteiger partial charge in [0.25, 0.3) is 0 Å². The van der Waals surface area contributed by atoms with Gasteiger partial charge in [-0.3, -0.25) is 0 Å². The third-order valence-corrected chi connectivity index (χ3v) is 10.2. The summed E-state index contributed by atoms with van der Waals surface area (Å²) in [5, 5.41) is 0. The standard InChI is InChI=1S/3Al.Bi.6O. The van der Waals surface area contributed by atoms with Crippen molar-refractivity contribution in [1.29, 1.82) is 0 Å². The molecule has 0 rings (SSSR count). The van der Waals surface area contributed by atoms with Gasteiger partial charge in [-0.25, -0.2) is 0 Å². The minimum atomic E-state index is -3.15. The Morgan fingerprint density at radius 3 is 1.30 bits per heavy atom. The molecule has 0 saturated carbocycles. The van der Waals surface area contributed by atoms with Crippen LogP contribution in [0.3, 0.4) is 0 Å². The Balaban J connectivity index is 3.58. The van der Waals surface area contributed by atoms with Gasteiger partial charge in [-0.2, -0.15) is 0 Å². The van der Waals surface area contributed by atoms with Gasteiger partial charge in [0.2, 0.25) is 0 Å². The van der Waals surface area contributed by atoms with E-state index < -0.39 is 69.5 Å². The molecule has 6 nitrogen and oxygen atoms in total. The molecular formula is Al3BiO6. The third kappa shape index (κ3) is 6.02. The first-order valence-corrected chi connectivity index (χ1v) is 9.05. The number of hydrogen-bond acceptors (Lipinski definition) is 6. The van der Waals surface area contributed by atoms with Crippen molar-refractivity contribution in [2.75, 3.05) is 0 Å². The van der Waals surface area contributed by atoms with Crippen LogP contribution in [0.5, 0.6) is 0 Å². The van der Waals surface area contributed by atoms with Crippen molar-refractivity contribution in [1.82, 2.24) is 0 Å². The normalized spacial score (nSPS) is 6.90. The molecule has 0 heterocycles. The van der Waals surface area contributed by atoms with Crippen LogP contribution >= 0.6 is 0 Å². The summed E-state index contributed by atoms with van der Waals surface area (Å²) < 4.78 is 42.9. The molecule has 0 atom stereocenters. The first-order valence-electron chi connectivity index (χ1n) is 1.96. The average molecular weight is 386 g/mol. The first-order chi connectivity index (χ1) is 4.85. The van der Waals surface area contributed by atoms with Crippen LogP contribution in [0.2, 0.25) is 0 Å². The fourth-order valence-electron chi connectivity index (χ4n) is 0.180. The predicted molar refractivity (Wildman–Crippen MR) is 28.3 cm³/mol. The van der Waals surface area contributed by atoms with Crippen LogP contribution in [0, 0.1) is 0 Å². The molecule has 0 bridgehead atoms. The number of hydrogen-bond donors (Lipinski definition) is 0. The molecule has 0 aliphatic rings. The van der Waals surface area contributed by atoms with Crippen LogP contribution in [0.15, 0.2) is 0 Å². The second-order valence-electron chi connectivity index (χ2n) is 0.829. The van der Waals surface area contributed by atoms with E-state index in [0.717, 1.165) is 0 Å². The van der Waals surface area contributed by atoms with E-state index in [4.69, 9.17) is 0 Å². The molecule has 0 aliphatic carbocycles. The molecule has 0 amide bonds. The molecule has 10 heteroatoms. The van der Waals surface area contributed by atoms with Crippen molar-refractivity contribution >= 4 is 69.5 Å². The molecule has 0 N–H and O–H groups in total. The van der Waals surface area contributed by atoms with E-state index in [-0.39, 0.29) is 0 Å². The van der Waals surface area contributed by atoms with Crippen molar-refractivity contribution < 1.29 is 17.0 Å². The van der Waals surface area contributed by atoms with Gasteiger partial charge in [-0.05, 0) is 0 Å². The topological polar surface area (TPSA) is 78.9 Å². The van der Waals surface area contributed by atoms with Gasteiger partial charge in [0.15, 0.2) is 0 Å². The molecular weight excluding hydrogens is 386 g/mol. The molecule has 50 valence electrons. The minimum absolute atomic E-state index is 1.42. The van der Waals surface area contributed by atoms with E-state index in [2.05, 4.69) is 5.59 Å². The second-order valence-corrected chi connectivity index (χ2v) is 11.2. The molecule has 0 spiro atoms. The van der Waals surface area contributed by atoms with Crippen molar-refractivity contribution in [3.63, 3.8) is 0 Å². The summed E-state index contributed by atoms with van der Waals surface area (Å²) in [7, 11) is 0. The molecule has 0 aromatic carbocycles. The maximum absolute atomic E-state index is 9.86. The molecule has 0 radical (unpaired) electrons. The van der Waals surface area contributed by atoms with Gasteiger partial charge in [0, 0.05) is 0 Å². The van der Waals surface area contributed by atoms with Crippen molar-refractivity contribution in [3.8, 4) is 0 Å². The van der Waals surface area contributed by atoms with E-state index in [0.29, 0.717) is 0 Å². The molecule has 0 aromatic heterocycles. The van der Waals surface area contributed by atoms with E-state index >= 15 is 0 Å². The van der Waals surface area contributed by atoms with Crippen molar-refractivity contribution in [2.24, 2.45) is 0 Å². The fraction of sp³-hybridized carbons (Fsp3) is 0. The summed E-state index contributed by atoms with van der Waals surface area (Å²) in [5.41, 5.74) is 0.